The van der Waals surface area contributed by atoms with Crippen molar-refractivity contribution in [2.24, 2.45) is 4.99 Å². The van der Waals surface area contributed by atoms with Crippen LogP contribution in [0.5, 0.6) is 0 Å². The predicted octanol–water partition coefficient (Wildman–Crippen LogP) is 8.21. The molecule has 0 heterocycles. The Hall–Kier alpha value is -2.26. The molecule has 170 valence electrons. The lowest BCUT2D eigenvalue weighted by Gasteiger charge is -2.23. The number of allylic oxidation sites excluding steroid dienone is 1. The van der Waals surface area contributed by atoms with Crippen molar-refractivity contribution in [3.8, 4) is 0 Å². The third-order valence-corrected chi connectivity index (χ3v) is 7.54. The molecule has 1 atom stereocenters. The fourth-order valence-electron chi connectivity index (χ4n) is 4.25. The first-order valence-electron chi connectivity index (χ1n) is 11.8. The van der Waals surface area contributed by atoms with Gasteiger partial charge < -0.3 is 4.90 Å². The van der Waals surface area contributed by atoms with Crippen LogP contribution in [-0.2, 0) is 12.8 Å². The van der Waals surface area contributed by atoms with Gasteiger partial charge in [0.2, 0.25) is 0 Å². The Bertz CT molecular complexity index is 1030. The number of aryl methyl sites for hydroxylation is 3. The van der Waals surface area contributed by atoms with Gasteiger partial charge in [0.05, 0.1) is 12.0 Å². The van der Waals surface area contributed by atoms with Gasteiger partial charge in [-0.15, -0.1) is 0 Å². The van der Waals surface area contributed by atoms with Crippen LogP contribution in [0.25, 0.3) is 4.91 Å². The van der Waals surface area contributed by atoms with Crippen molar-refractivity contribution in [1.82, 2.24) is 4.90 Å². The molecule has 1 aliphatic rings. The number of fused-ring (bicyclic) bond motifs is 1. The van der Waals surface area contributed by atoms with Crippen molar-refractivity contribution in [2.75, 3.05) is 13.6 Å². The molecule has 32 heavy (non-hydrogen) atoms. The normalized spacial score (nSPS) is 16.3. The highest BCUT2D eigenvalue weighted by Gasteiger charge is 2.16. The van der Waals surface area contributed by atoms with Crippen molar-refractivity contribution >= 4 is 28.7 Å². The highest BCUT2D eigenvalue weighted by Crippen LogP contribution is 2.35. The molecule has 0 aliphatic heterocycles. The van der Waals surface area contributed by atoms with Gasteiger partial charge in [0.15, 0.2) is 0 Å². The largest absolute Gasteiger partial charge is 0.366 e. The summed E-state index contributed by atoms with van der Waals surface area (Å²) in [6.45, 7) is 16.3. The number of hydrogen-bond acceptors (Lipinski definition) is 2. The maximum absolute atomic E-state index is 4.66. The van der Waals surface area contributed by atoms with Gasteiger partial charge in [-0.3, -0.25) is 0 Å². The van der Waals surface area contributed by atoms with E-state index in [1.54, 1.807) is 11.8 Å². The second kappa shape index (κ2) is 11.0. The van der Waals surface area contributed by atoms with Crippen LogP contribution in [0.15, 0.2) is 52.9 Å². The third kappa shape index (κ3) is 6.16. The third-order valence-electron chi connectivity index (χ3n) is 6.50. The number of thioether (sulfide) groups is 1. The quantitative estimate of drug-likeness (QED) is 0.300. The van der Waals surface area contributed by atoms with Gasteiger partial charge in [-0.2, -0.15) is 0 Å². The summed E-state index contributed by atoms with van der Waals surface area (Å²) >= 11 is 1.75. The minimum Gasteiger partial charge on any atom is -0.366 e. The minimum atomic E-state index is 0.687. The first-order chi connectivity index (χ1) is 15.3. The lowest BCUT2D eigenvalue weighted by molar-refractivity contribution is 0.552. The summed E-state index contributed by atoms with van der Waals surface area (Å²) in [4.78, 5) is 7.87. The maximum Gasteiger partial charge on any atom is 0.0909 e. The molecule has 0 bridgehead atoms. The summed E-state index contributed by atoms with van der Waals surface area (Å²) < 4.78 is 0. The summed E-state index contributed by atoms with van der Waals surface area (Å²) in [6.07, 6.45) is 6.68. The Balaban J connectivity index is 1.66. The first-order valence-corrected chi connectivity index (χ1v) is 12.6. The number of aliphatic imine (C=N–C) groups is 1. The summed E-state index contributed by atoms with van der Waals surface area (Å²) in [7, 11) is 2.05. The van der Waals surface area contributed by atoms with Crippen molar-refractivity contribution < 1.29 is 0 Å². The first kappa shape index (κ1) is 24.4. The predicted molar refractivity (Wildman–Crippen MR) is 144 cm³/mol. The van der Waals surface area contributed by atoms with E-state index in [0.717, 1.165) is 23.6 Å². The highest BCUT2D eigenvalue weighted by atomic mass is 32.2. The molecule has 0 spiro atoms. The van der Waals surface area contributed by atoms with Gasteiger partial charge in [-0.05, 0) is 104 Å². The van der Waals surface area contributed by atoms with E-state index in [9.17, 15) is 0 Å². The van der Waals surface area contributed by atoms with Gasteiger partial charge in [0, 0.05) is 18.5 Å². The van der Waals surface area contributed by atoms with Crippen LogP contribution in [-0.4, -0.2) is 24.8 Å². The molecule has 0 saturated carbocycles. The molecule has 3 heteroatoms. The van der Waals surface area contributed by atoms with Crippen molar-refractivity contribution in [2.45, 2.75) is 66.2 Å². The molecule has 0 fully saturated rings. The van der Waals surface area contributed by atoms with E-state index in [1.165, 1.54) is 58.2 Å². The molecule has 0 amide bonds. The van der Waals surface area contributed by atoms with Crippen LogP contribution in [0.1, 0.15) is 72.9 Å². The van der Waals surface area contributed by atoms with Crippen LogP contribution in [0.4, 0.5) is 5.69 Å². The van der Waals surface area contributed by atoms with E-state index >= 15 is 0 Å². The van der Waals surface area contributed by atoms with Gasteiger partial charge in [-0.25, -0.2) is 4.99 Å². The molecular formula is C29H38N2S. The Morgan fingerprint density at radius 3 is 2.75 bits per heavy atom. The van der Waals surface area contributed by atoms with Crippen LogP contribution < -0.4 is 0 Å². The molecule has 2 aromatic rings. The molecule has 0 radical (unpaired) electrons. The molecule has 0 saturated heterocycles. The molecule has 2 aromatic carbocycles. The lowest BCUT2D eigenvalue weighted by Crippen LogP contribution is -2.14. The molecular weight excluding hydrogens is 408 g/mol. The van der Waals surface area contributed by atoms with Crippen molar-refractivity contribution in [3.63, 3.8) is 0 Å². The van der Waals surface area contributed by atoms with Crippen molar-refractivity contribution in [1.29, 1.82) is 0 Å². The number of rotatable bonds is 8. The van der Waals surface area contributed by atoms with E-state index in [2.05, 4.69) is 86.8 Å². The average Bonchev–Trinajstić information content (AvgIpc) is 2.78. The number of benzene rings is 2. The topological polar surface area (TPSA) is 15.6 Å². The number of hydrogen-bond donors (Lipinski definition) is 0. The fraction of sp³-hybridized carbons (Fsp3) is 0.414. The molecule has 2 nitrogen and oxygen atoms in total. The zero-order valence-corrected chi connectivity index (χ0v) is 21.5. The van der Waals surface area contributed by atoms with Crippen LogP contribution >= 0.6 is 11.8 Å². The second-order valence-corrected chi connectivity index (χ2v) is 10.2. The maximum atomic E-state index is 4.66. The zero-order chi connectivity index (χ0) is 23.3. The van der Waals surface area contributed by atoms with Gasteiger partial charge in [0.1, 0.15) is 0 Å². The van der Waals surface area contributed by atoms with Gasteiger partial charge in [0.25, 0.3) is 0 Å². The van der Waals surface area contributed by atoms with Gasteiger partial charge in [-0.1, -0.05) is 55.1 Å². The SMILES string of the molecule is C=C(S/C=C(\C)Cc1cc(C)c(N=CN(C)CC)cc1C)c1ccc2c(c1)CCCC2C. The summed E-state index contributed by atoms with van der Waals surface area (Å²) in [5.41, 5.74) is 10.6. The van der Waals surface area contributed by atoms with E-state index in [-0.39, 0.29) is 0 Å². The minimum absolute atomic E-state index is 0.687. The molecule has 0 N–H and O–H groups in total. The van der Waals surface area contributed by atoms with E-state index < -0.39 is 0 Å². The zero-order valence-electron chi connectivity index (χ0n) is 20.7. The standard InChI is InChI=1S/C29H38N2S/c1-8-31(7)19-30-29-16-22(4)27(15-23(29)5)14-20(2)18-32-24(6)25-12-13-28-21(3)10-9-11-26(28)17-25/h12-13,15-19,21H,6,8-11,14H2,1-5,7H3/b20-18+,30-19?. The molecule has 1 aliphatic carbocycles. The number of nitrogens with zero attached hydrogens (tertiary/aromatic N) is 2. The summed E-state index contributed by atoms with van der Waals surface area (Å²) in [6, 6.07) is 11.4. The fourth-order valence-corrected chi connectivity index (χ4v) is 4.93. The van der Waals surface area contributed by atoms with Crippen LogP contribution in [0.2, 0.25) is 0 Å². The Morgan fingerprint density at radius 1 is 1.22 bits per heavy atom. The molecule has 1 unspecified atom stereocenters. The summed E-state index contributed by atoms with van der Waals surface area (Å²) in [5, 5.41) is 2.27. The average molecular weight is 447 g/mol. The van der Waals surface area contributed by atoms with E-state index in [4.69, 9.17) is 0 Å². The van der Waals surface area contributed by atoms with E-state index in [1.807, 2.05) is 13.4 Å². The van der Waals surface area contributed by atoms with Crippen LogP contribution in [0.3, 0.4) is 0 Å². The highest BCUT2D eigenvalue weighted by molar-refractivity contribution is 8.10. The smallest absolute Gasteiger partial charge is 0.0909 e. The van der Waals surface area contributed by atoms with Gasteiger partial charge >= 0.3 is 0 Å². The molecule has 0 aromatic heterocycles. The Morgan fingerprint density at radius 2 is 2.00 bits per heavy atom. The lowest BCUT2D eigenvalue weighted by atomic mass is 9.83. The summed E-state index contributed by atoms with van der Waals surface area (Å²) in [5.74, 6) is 0.687. The Labute approximate surface area is 199 Å². The van der Waals surface area contributed by atoms with E-state index in [0.29, 0.717) is 5.92 Å². The van der Waals surface area contributed by atoms with Crippen molar-refractivity contribution in [3.05, 3.63) is 81.3 Å². The van der Waals surface area contributed by atoms with Crippen LogP contribution in [0, 0.1) is 13.8 Å². The second-order valence-electron chi connectivity index (χ2n) is 9.27. The monoisotopic (exact) mass is 446 g/mol. The Kier molecular flexibility index (Phi) is 8.42. The molecule has 3 rings (SSSR count).